The lowest BCUT2D eigenvalue weighted by Crippen LogP contribution is -2.44. The van der Waals surface area contributed by atoms with Crippen LogP contribution in [0.5, 0.6) is 0 Å². The smallest absolute Gasteiger partial charge is 0.191 e. The second-order valence-electron chi connectivity index (χ2n) is 7.28. The Balaban J connectivity index is 1.60. The molecular formula is C20H31N3O2. The van der Waals surface area contributed by atoms with Crippen LogP contribution < -0.4 is 10.6 Å². The number of nitrogens with one attached hydrogen (secondary N) is 2. The van der Waals surface area contributed by atoms with Gasteiger partial charge in [0.2, 0.25) is 0 Å². The standard InChI is InChI=1S/C20H31N3O2/c1-2-21-19(23-14-20(8-10-24)9-11-25-15-20)22-13-16-6-7-17-4-3-5-18(17)12-16/h6-7,12,24H,2-5,8-11,13-15H2,1H3,(H2,21,22,23). The van der Waals surface area contributed by atoms with Gasteiger partial charge in [-0.3, -0.25) is 0 Å². The predicted octanol–water partition coefficient (Wildman–Crippen LogP) is 2.02. The van der Waals surface area contributed by atoms with Gasteiger partial charge in [-0.1, -0.05) is 18.2 Å². The fraction of sp³-hybridized carbons (Fsp3) is 0.650. The van der Waals surface area contributed by atoms with E-state index in [-0.39, 0.29) is 12.0 Å². The van der Waals surface area contributed by atoms with Gasteiger partial charge in [0.05, 0.1) is 13.2 Å². The van der Waals surface area contributed by atoms with E-state index in [2.05, 4.69) is 35.8 Å². The van der Waals surface area contributed by atoms with Crippen LogP contribution in [0.15, 0.2) is 23.2 Å². The molecule has 0 bridgehead atoms. The second kappa shape index (κ2) is 8.68. The third-order valence-electron chi connectivity index (χ3n) is 5.38. The van der Waals surface area contributed by atoms with Gasteiger partial charge in [-0.15, -0.1) is 0 Å². The van der Waals surface area contributed by atoms with Crippen LogP contribution in [0.1, 0.15) is 42.9 Å². The number of guanidine groups is 1. The number of hydrogen-bond acceptors (Lipinski definition) is 3. The van der Waals surface area contributed by atoms with Crippen LogP contribution in [0.25, 0.3) is 0 Å². The summed E-state index contributed by atoms with van der Waals surface area (Å²) >= 11 is 0. The number of aryl methyl sites for hydroxylation is 2. The topological polar surface area (TPSA) is 65.9 Å². The number of ether oxygens (including phenoxy) is 1. The lowest BCUT2D eigenvalue weighted by atomic mass is 9.84. The Bertz CT molecular complexity index is 595. The van der Waals surface area contributed by atoms with Crippen molar-refractivity contribution < 1.29 is 9.84 Å². The molecule has 1 aliphatic heterocycles. The molecule has 1 heterocycles. The number of rotatable bonds is 7. The zero-order valence-electron chi connectivity index (χ0n) is 15.3. The number of nitrogens with zero attached hydrogens (tertiary/aromatic N) is 1. The van der Waals surface area contributed by atoms with E-state index >= 15 is 0 Å². The van der Waals surface area contributed by atoms with E-state index in [9.17, 15) is 5.11 Å². The minimum atomic E-state index is 0.0263. The van der Waals surface area contributed by atoms with Crippen molar-refractivity contribution >= 4 is 5.96 Å². The molecule has 138 valence electrons. The molecule has 0 aromatic heterocycles. The zero-order valence-corrected chi connectivity index (χ0v) is 15.3. The highest BCUT2D eigenvalue weighted by molar-refractivity contribution is 5.79. The number of aliphatic imine (C=N–C) groups is 1. The Kier molecular flexibility index (Phi) is 6.32. The van der Waals surface area contributed by atoms with Gasteiger partial charge in [0, 0.05) is 31.7 Å². The Morgan fingerprint density at radius 1 is 1.28 bits per heavy atom. The van der Waals surface area contributed by atoms with Crippen molar-refractivity contribution in [2.45, 2.75) is 45.6 Å². The van der Waals surface area contributed by atoms with Crippen LogP contribution >= 0.6 is 0 Å². The van der Waals surface area contributed by atoms with Crippen LogP contribution in [0.4, 0.5) is 0 Å². The quantitative estimate of drug-likeness (QED) is 0.522. The molecule has 0 spiro atoms. The molecule has 1 atom stereocenters. The maximum Gasteiger partial charge on any atom is 0.191 e. The normalized spacial score (nSPS) is 22.9. The molecule has 0 saturated carbocycles. The summed E-state index contributed by atoms with van der Waals surface area (Å²) in [5, 5.41) is 16.1. The monoisotopic (exact) mass is 345 g/mol. The van der Waals surface area contributed by atoms with Gasteiger partial charge >= 0.3 is 0 Å². The van der Waals surface area contributed by atoms with Crippen molar-refractivity contribution in [1.29, 1.82) is 0 Å². The first-order valence-electron chi connectivity index (χ1n) is 9.56. The summed E-state index contributed by atoms with van der Waals surface area (Å²) in [5.41, 5.74) is 4.30. The molecule has 1 fully saturated rings. The van der Waals surface area contributed by atoms with E-state index in [4.69, 9.17) is 9.73 Å². The Morgan fingerprint density at radius 3 is 2.92 bits per heavy atom. The van der Waals surface area contributed by atoms with Crippen molar-refractivity contribution in [2.75, 3.05) is 32.9 Å². The highest BCUT2D eigenvalue weighted by Crippen LogP contribution is 2.31. The summed E-state index contributed by atoms with van der Waals surface area (Å²) in [4.78, 5) is 4.75. The Hall–Kier alpha value is -1.59. The molecule has 1 saturated heterocycles. The van der Waals surface area contributed by atoms with Gasteiger partial charge in [-0.2, -0.15) is 0 Å². The van der Waals surface area contributed by atoms with Gasteiger partial charge < -0.3 is 20.5 Å². The summed E-state index contributed by atoms with van der Waals surface area (Å²) < 4.78 is 5.57. The Morgan fingerprint density at radius 2 is 2.16 bits per heavy atom. The molecule has 3 rings (SSSR count). The second-order valence-corrected chi connectivity index (χ2v) is 7.28. The maximum absolute atomic E-state index is 9.36. The summed E-state index contributed by atoms with van der Waals surface area (Å²) in [5.74, 6) is 0.840. The van der Waals surface area contributed by atoms with E-state index in [0.29, 0.717) is 13.2 Å². The predicted molar refractivity (Wildman–Crippen MR) is 101 cm³/mol. The molecule has 1 aromatic rings. The van der Waals surface area contributed by atoms with Crippen LogP contribution in [-0.2, 0) is 24.1 Å². The molecule has 1 unspecified atom stereocenters. The maximum atomic E-state index is 9.36. The third-order valence-corrected chi connectivity index (χ3v) is 5.38. The minimum Gasteiger partial charge on any atom is -0.396 e. The molecule has 0 radical (unpaired) electrons. The first-order chi connectivity index (χ1) is 12.2. The van der Waals surface area contributed by atoms with Crippen LogP contribution in [0.2, 0.25) is 0 Å². The fourth-order valence-electron chi connectivity index (χ4n) is 3.82. The fourth-order valence-corrected chi connectivity index (χ4v) is 3.82. The van der Waals surface area contributed by atoms with Gasteiger partial charge in [0.1, 0.15) is 0 Å². The van der Waals surface area contributed by atoms with Gasteiger partial charge in [-0.05, 0) is 55.7 Å². The van der Waals surface area contributed by atoms with Crippen molar-refractivity contribution in [3.63, 3.8) is 0 Å². The minimum absolute atomic E-state index is 0.0263. The van der Waals surface area contributed by atoms with Crippen molar-refractivity contribution in [1.82, 2.24) is 10.6 Å². The van der Waals surface area contributed by atoms with E-state index in [1.165, 1.54) is 36.0 Å². The number of benzene rings is 1. The molecule has 1 aromatic carbocycles. The molecule has 3 N–H and O–H groups in total. The van der Waals surface area contributed by atoms with Crippen LogP contribution in [0.3, 0.4) is 0 Å². The summed E-state index contributed by atoms with van der Waals surface area (Å²) in [6.07, 6.45) is 5.46. The summed E-state index contributed by atoms with van der Waals surface area (Å²) in [6.45, 7) is 6.08. The number of hydrogen-bond donors (Lipinski definition) is 3. The first-order valence-corrected chi connectivity index (χ1v) is 9.56. The van der Waals surface area contributed by atoms with E-state index in [1.54, 1.807) is 0 Å². The summed E-state index contributed by atoms with van der Waals surface area (Å²) in [7, 11) is 0. The lowest BCUT2D eigenvalue weighted by Gasteiger charge is -2.27. The highest BCUT2D eigenvalue weighted by Gasteiger charge is 2.34. The largest absolute Gasteiger partial charge is 0.396 e. The van der Waals surface area contributed by atoms with Crippen LogP contribution in [0, 0.1) is 5.41 Å². The van der Waals surface area contributed by atoms with Crippen LogP contribution in [-0.4, -0.2) is 44.0 Å². The molecule has 2 aliphatic rings. The molecular weight excluding hydrogens is 314 g/mol. The number of aliphatic hydroxyl groups excluding tert-OH is 1. The third kappa shape index (κ3) is 4.73. The zero-order chi connectivity index (χ0) is 17.5. The molecule has 1 aliphatic carbocycles. The molecule has 25 heavy (non-hydrogen) atoms. The Labute approximate surface area is 150 Å². The van der Waals surface area contributed by atoms with E-state index in [1.807, 2.05) is 0 Å². The molecule has 5 nitrogen and oxygen atoms in total. The molecule has 5 heteroatoms. The number of aliphatic hydroxyl groups is 1. The number of fused-ring (bicyclic) bond motifs is 1. The van der Waals surface area contributed by atoms with Gasteiger partial charge in [-0.25, -0.2) is 4.99 Å². The summed E-state index contributed by atoms with van der Waals surface area (Å²) in [6, 6.07) is 6.78. The van der Waals surface area contributed by atoms with Gasteiger partial charge in [0.15, 0.2) is 5.96 Å². The highest BCUT2D eigenvalue weighted by atomic mass is 16.5. The average molecular weight is 345 g/mol. The van der Waals surface area contributed by atoms with E-state index < -0.39 is 0 Å². The van der Waals surface area contributed by atoms with Crippen molar-refractivity contribution in [3.05, 3.63) is 34.9 Å². The lowest BCUT2D eigenvalue weighted by molar-refractivity contribution is 0.127. The average Bonchev–Trinajstić information content (AvgIpc) is 3.27. The van der Waals surface area contributed by atoms with E-state index in [0.717, 1.165) is 38.5 Å². The molecule has 0 amide bonds. The van der Waals surface area contributed by atoms with Crippen molar-refractivity contribution in [2.24, 2.45) is 10.4 Å². The van der Waals surface area contributed by atoms with Crippen molar-refractivity contribution in [3.8, 4) is 0 Å². The first kappa shape index (κ1) is 18.2. The SMILES string of the molecule is CCNC(=NCc1ccc2c(c1)CCC2)NCC1(CCO)CCOC1. The van der Waals surface area contributed by atoms with Gasteiger partial charge in [0.25, 0.3) is 0 Å².